The summed E-state index contributed by atoms with van der Waals surface area (Å²) in [5, 5.41) is 12.4. The molecular formula is C16H22N6O. The molecule has 7 heteroatoms. The van der Waals surface area contributed by atoms with Crippen LogP contribution in [0.5, 0.6) is 0 Å². The number of para-hydroxylation sites is 2. The summed E-state index contributed by atoms with van der Waals surface area (Å²) < 4.78 is 0. The normalized spacial score (nSPS) is 11.0. The maximum absolute atomic E-state index is 10.4. The summed E-state index contributed by atoms with van der Waals surface area (Å²) in [5.41, 5.74) is 3.36. The standard InChI is InChI=1S/C11H9N5O.C5H13N/c17-6-12-9-5-13-16-10(9)11-14-7-3-1-2-4-8(7)15-11;1-5(2,3)6-4/h1-6H,(H,12,17)(H,13,16)(H,14,15);6H,1-4H3. The molecule has 1 aromatic carbocycles. The van der Waals surface area contributed by atoms with Gasteiger partial charge in [-0.15, -0.1) is 0 Å². The summed E-state index contributed by atoms with van der Waals surface area (Å²) in [6, 6.07) is 7.71. The number of H-pyrrole nitrogens is 2. The fourth-order valence-electron chi connectivity index (χ4n) is 1.71. The molecule has 4 N–H and O–H groups in total. The summed E-state index contributed by atoms with van der Waals surface area (Å²) in [6.45, 7) is 6.40. The molecular weight excluding hydrogens is 292 g/mol. The largest absolute Gasteiger partial charge is 0.337 e. The van der Waals surface area contributed by atoms with Gasteiger partial charge in [0.2, 0.25) is 6.41 Å². The van der Waals surface area contributed by atoms with Crippen molar-refractivity contribution < 1.29 is 4.79 Å². The van der Waals surface area contributed by atoms with E-state index in [9.17, 15) is 4.79 Å². The number of anilines is 1. The molecule has 0 aliphatic rings. The number of hydrogen-bond donors (Lipinski definition) is 4. The van der Waals surface area contributed by atoms with Gasteiger partial charge in [0.15, 0.2) is 5.82 Å². The lowest BCUT2D eigenvalue weighted by atomic mass is 10.1. The Morgan fingerprint density at radius 1 is 1.22 bits per heavy atom. The number of fused-ring (bicyclic) bond motifs is 1. The third kappa shape index (κ3) is 4.40. The minimum Gasteiger partial charge on any atom is -0.337 e. The number of amides is 1. The number of carbonyl (C=O) groups is 1. The number of nitrogens with one attached hydrogen (secondary N) is 4. The third-order valence-electron chi connectivity index (χ3n) is 3.23. The first kappa shape index (κ1) is 16.7. The lowest BCUT2D eigenvalue weighted by Crippen LogP contribution is -2.31. The van der Waals surface area contributed by atoms with Crippen molar-refractivity contribution in [3.05, 3.63) is 30.5 Å². The van der Waals surface area contributed by atoms with E-state index in [0.29, 0.717) is 29.2 Å². The van der Waals surface area contributed by atoms with Gasteiger partial charge in [-0.25, -0.2) is 4.98 Å². The molecule has 0 fully saturated rings. The second-order valence-electron chi connectivity index (χ2n) is 6.02. The number of benzene rings is 1. The highest BCUT2D eigenvalue weighted by Gasteiger charge is 2.11. The minimum absolute atomic E-state index is 0.292. The Balaban J connectivity index is 0.000000277. The van der Waals surface area contributed by atoms with Crippen LogP contribution < -0.4 is 10.6 Å². The van der Waals surface area contributed by atoms with Crippen LogP contribution in [0.1, 0.15) is 20.8 Å². The van der Waals surface area contributed by atoms with Crippen LogP contribution in [-0.4, -0.2) is 39.2 Å². The zero-order valence-corrected chi connectivity index (χ0v) is 13.8. The molecule has 2 heterocycles. The van der Waals surface area contributed by atoms with E-state index in [1.807, 2.05) is 31.3 Å². The molecule has 0 spiro atoms. The molecule has 2 aromatic heterocycles. The number of nitrogens with zero attached hydrogens (tertiary/aromatic N) is 2. The molecule has 0 saturated carbocycles. The van der Waals surface area contributed by atoms with Crippen LogP contribution in [0.15, 0.2) is 30.5 Å². The molecule has 0 radical (unpaired) electrons. The van der Waals surface area contributed by atoms with Gasteiger partial charge in [-0.05, 0) is 40.0 Å². The van der Waals surface area contributed by atoms with Gasteiger partial charge in [0.25, 0.3) is 0 Å². The van der Waals surface area contributed by atoms with Crippen molar-refractivity contribution in [3.63, 3.8) is 0 Å². The minimum atomic E-state index is 0.292. The van der Waals surface area contributed by atoms with E-state index in [0.717, 1.165) is 11.0 Å². The van der Waals surface area contributed by atoms with E-state index in [-0.39, 0.29) is 0 Å². The molecule has 1 amide bonds. The van der Waals surface area contributed by atoms with E-state index in [4.69, 9.17) is 0 Å². The van der Waals surface area contributed by atoms with Gasteiger partial charge < -0.3 is 15.6 Å². The Hall–Kier alpha value is -2.67. The van der Waals surface area contributed by atoms with Crippen molar-refractivity contribution in [2.24, 2.45) is 0 Å². The van der Waals surface area contributed by atoms with Crippen LogP contribution in [-0.2, 0) is 4.79 Å². The van der Waals surface area contributed by atoms with Gasteiger partial charge in [-0.1, -0.05) is 12.1 Å². The van der Waals surface area contributed by atoms with E-state index in [1.54, 1.807) is 0 Å². The number of imidazole rings is 1. The monoisotopic (exact) mass is 314 g/mol. The fraction of sp³-hybridized carbons (Fsp3) is 0.312. The summed E-state index contributed by atoms with van der Waals surface area (Å²) in [6.07, 6.45) is 2.15. The van der Waals surface area contributed by atoms with Crippen LogP contribution in [0.4, 0.5) is 5.69 Å². The summed E-state index contributed by atoms with van der Waals surface area (Å²) >= 11 is 0. The third-order valence-corrected chi connectivity index (χ3v) is 3.23. The second kappa shape index (κ2) is 7.06. The lowest BCUT2D eigenvalue weighted by molar-refractivity contribution is -0.105. The first-order chi connectivity index (χ1) is 10.9. The molecule has 0 bridgehead atoms. The van der Waals surface area contributed by atoms with Crippen LogP contribution in [0.3, 0.4) is 0 Å². The SMILES string of the molecule is CNC(C)(C)C.O=CNc1cn[nH]c1-c1nc2ccccc2[nH]1. The molecule has 0 aliphatic carbocycles. The van der Waals surface area contributed by atoms with E-state index < -0.39 is 0 Å². The molecule has 0 unspecified atom stereocenters. The van der Waals surface area contributed by atoms with E-state index in [2.05, 4.69) is 51.6 Å². The Labute approximate surface area is 134 Å². The topological polar surface area (TPSA) is 98.5 Å². The summed E-state index contributed by atoms with van der Waals surface area (Å²) in [7, 11) is 1.96. The van der Waals surface area contributed by atoms with Gasteiger partial charge in [0, 0.05) is 5.54 Å². The van der Waals surface area contributed by atoms with Crippen LogP contribution in [0, 0.1) is 0 Å². The lowest BCUT2D eigenvalue weighted by Gasteiger charge is -2.15. The molecule has 3 rings (SSSR count). The maximum Gasteiger partial charge on any atom is 0.211 e. The predicted molar refractivity (Wildman–Crippen MR) is 92.2 cm³/mol. The number of aromatic amines is 2. The van der Waals surface area contributed by atoms with Crippen molar-refractivity contribution >= 4 is 23.1 Å². The average Bonchev–Trinajstić information content (AvgIpc) is 3.13. The summed E-state index contributed by atoms with van der Waals surface area (Å²) in [5.74, 6) is 0.646. The Kier molecular flexibility index (Phi) is 5.13. The predicted octanol–water partition coefficient (Wildman–Crippen LogP) is 2.53. The Morgan fingerprint density at radius 2 is 1.91 bits per heavy atom. The number of carbonyl (C=O) groups excluding carboxylic acids is 1. The van der Waals surface area contributed by atoms with Crippen molar-refractivity contribution in [1.82, 2.24) is 25.5 Å². The molecule has 0 aliphatic heterocycles. The van der Waals surface area contributed by atoms with Crippen molar-refractivity contribution in [3.8, 4) is 11.5 Å². The zero-order valence-electron chi connectivity index (χ0n) is 13.8. The first-order valence-corrected chi connectivity index (χ1v) is 7.32. The highest BCUT2D eigenvalue weighted by Crippen LogP contribution is 2.24. The van der Waals surface area contributed by atoms with Crippen molar-refractivity contribution in [2.45, 2.75) is 26.3 Å². The quantitative estimate of drug-likeness (QED) is 0.558. The molecule has 23 heavy (non-hydrogen) atoms. The maximum atomic E-state index is 10.4. The number of aromatic nitrogens is 4. The van der Waals surface area contributed by atoms with Crippen molar-refractivity contribution in [1.29, 1.82) is 0 Å². The average molecular weight is 314 g/mol. The van der Waals surface area contributed by atoms with Crippen LogP contribution >= 0.6 is 0 Å². The van der Waals surface area contributed by atoms with Gasteiger partial charge in [-0.3, -0.25) is 9.89 Å². The fourth-order valence-corrected chi connectivity index (χ4v) is 1.71. The zero-order chi connectivity index (χ0) is 16.9. The summed E-state index contributed by atoms with van der Waals surface area (Å²) in [4.78, 5) is 18.0. The smallest absolute Gasteiger partial charge is 0.211 e. The van der Waals surface area contributed by atoms with E-state index in [1.165, 1.54) is 6.20 Å². The first-order valence-electron chi connectivity index (χ1n) is 7.32. The van der Waals surface area contributed by atoms with Crippen LogP contribution in [0.2, 0.25) is 0 Å². The van der Waals surface area contributed by atoms with Crippen LogP contribution in [0.25, 0.3) is 22.6 Å². The number of hydrogen-bond acceptors (Lipinski definition) is 4. The molecule has 3 aromatic rings. The molecule has 7 nitrogen and oxygen atoms in total. The molecule has 0 atom stereocenters. The van der Waals surface area contributed by atoms with Gasteiger partial charge in [0.1, 0.15) is 5.69 Å². The Morgan fingerprint density at radius 3 is 2.52 bits per heavy atom. The highest BCUT2D eigenvalue weighted by molar-refractivity contribution is 5.84. The van der Waals surface area contributed by atoms with Crippen molar-refractivity contribution in [2.75, 3.05) is 12.4 Å². The number of rotatable bonds is 3. The van der Waals surface area contributed by atoms with Gasteiger partial charge >= 0.3 is 0 Å². The van der Waals surface area contributed by atoms with Gasteiger partial charge in [0.05, 0.1) is 22.9 Å². The molecule has 0 saturated heterocycles. The second-order valence-corrected chi connectivity index (χ2v) is 6.02. The highest BCUT2D eigenvalue weighted by atomic mass is 16.1. The van der Waals surface area contributed by atoms with E-state index >= 15 is 0 Å². The Bertz CT molecular complexity index is 735. The van der Waals surface area contributed by atoms with Gasteiger partial charge in [-0.2, -0.15) is 5.10 Å². The molecule has 122 valence electrons.